The van der Waals surface area contributed by atoms with Crippen molar-refractivity contribution in [3.8, 4) is 0 Å². The number of nitrogens with zero attached hydrogens (tertiary/aromatic N) is 1. The molecule has 1 aliphatic rings. The van der Waals surface area contributed by atoms with Crippen LogP contribution in [-0.4, -0.2) is 29.9 Å². The van der Waals surface area contributed by atoms with Crippen molar-refractivity contribution < 1.29 is 4.79 Å². The Morgan fingerprint density at radius 2 is 2.14 bits per heavy atom. The van der Waals surface area contributed by atoms with E-state index in [2.05, 4.69) is 0 Å². The summed E-state index contributed by atoms with van der Waals surface area (Å²) in [5.41, 5.74) is 5.77. The lowest BCUT2D eigenvalue weighted by atomic mass is 10.1. The molecule has 0 saturated heterocycles. The molecule has 0 spiro atoms. The average Bonchev–Trinajstić information content (AvgIpc) is 2.97. The third-order valence-corrected chi connectivity index (χ3v) is 2.87. The highest BCUT2D eigenvalue weighted by Crippen LogP contribution is 2.29. The van der Waals surface area contributed by atoms with Gasteiger partial charge in [0.05, 0.1) is 0 Å². The van der Waals surface area contributed by atoms with Crippen LogP contribution in [0.1, 0.15) is 39.5 Å². The van der Waals surface area contributed by atoms with E-state index in [1.807, 2.05) is 18.7 Å². The van der Waals surface area contributed by atoms with Gasteiger partial charge < -0.3 is 10.6 Å². The maximum atomic E-state index is 11.8. The molecule has 2 N–H and O–H groups in total. The van der Waals surface area contributed by atoms with Crippen molar-refractivity contribution in [2.75, 3.05) is 13.1 Å². The first-order valence-corrected chi connectivity index (χ1v) is 5.70. The molecule has 1 amide bonds. The second-order valence-corrected chi connectivity index (χ2v) is 4.25. The largest absolute Gasteiger partial charge is 0.343 e. The second-order valence-electron chi connectivity index (χ2n) is 4.25. The maximum absolute atomic E-state index is 11.8. The zero-order valence-corrected chi connectivity index (χ0v) is 9.33. The topological polar surface area (TPSA) is 46.3 Å². The van der Waals surface area contributed by atoms with Gasteiger partial charge in [0.2, 0.25) is 5.91 Å². The molecule has 0 heterocycles. The van der Waals surface area contributed by atoms with Crippen LogP contribution >= 0.6 is 0 Å². The summed E-state index contributed by atoms with van der Waals surface area (Å²) in [6.07, 6.45) is 3.98. The standard InChI is InChI=1S/C11H22N2O/c1-3-10(12)7-11(14)13(4-2)8-9-5-6-9/h9-10H,3-8,12H2,1-2H3. The van der Waals surface area contributed by atoms with Crippen LogP contribution in [0.3, 0.4) is 0 Å². The van der Waals surface area contributed by atoms with E-state index in [0.717, 1.165) is 25.4 Å². The van der Waals surface area contributed by atoms with Crippen molar-refractivity contribution >= 4 is 5.91 Å². The minimum Gasteiger partial charge on any atom is -0.343 e. The van der Waals surface area contributed by atoms with Gasteiger partial charge >= 0.3 is 0 Å². The van der Waals surface area contributed by atoms with Gasteiger partial charge in [-0.25, -0.2) is 0 Å². The molecule has 0 aromatic rings. The molecule has 0 bridgehead atoms. The molecular formula is C11H22N2O. The Kier molecular flexibility index (Phi) is 4.39. The number of hydrogen-bond donors (Lipinski definition) is 1. The van der Waals surface area contributed by atoms with E-state index in [1.165, 1.54) is 12.8 Å². The maximum Gasteiger partial charge on any atom is 0.224 e. The first kappa shape index (κ1) is 11.5. The molecule has 0 aliphatic heterocycles. The van der Waals surface area contributed by atoms with Gasteiger partial charge in [-0.3, -0.25) is 4.79 Å². The summed E-state index contributed by atoms with van der Waals surface area (Å²) >= 11 is 0. The molecule has 0 aromatic heterocycles. The van der Waals surface area contributed by atoms with Gasteiger partial charge in [0.25, 0.3) is 0 Å². The van der Waals surface area contributed by atoms with Crippen LogP contribution in [0.25, 0.3) is 0 Å². The highest BCUT2D eigenvalue weighted by atomic mass is 16.2. The Balaban J connectivity index is 2.30. The first-order valence-electron chi connectivity index (χ1n) is 5.70. The van der Waals surface area contributed by atoms with Crippen LogP contribution in [0.15, 0.2) is 0 Å². The van der Waals surface area contributed by atoms with Crippen LogP contribution in [0, 0.1) is 5.92 Å². The SMILES string of the molecule is CCC(N)CC(=O)N(CC)CC1CC1. The number of carbonyl (C=O) groups excluding carboxylic acids is 1. The summed E-state index contributed by atoms with van der Waals surface area (Å²) in [6.45, 7) is 5.84. The molecular weight excluding hydrogens is 176 g/mol. The Labute approximate surface area is 86.6 Å². The fourth-order valence-electron chi connectivity index (χ4n) is 1.52. The van der Waals surface area contributed by atoms with Crippen molar-refractivity contribution in [2.45, 2.75) is 45.6 Å². The predicted octanol–water partition coefficient (Wildman–Crippen LogP) is 1.37. The van der Waals surface area contributed by atoms with Gasteiger partial charge in [-0.1, -0.05) is 6.92 Å². The molecule has 3 nitrogen and oxygen atoms in total. The van der Waals surface area contributed by atoms with E-state index in [9.17, 15) is 4.79 Å². The van der Waals surface area contributed by atoms with Gasteiger partial charge in [-0.05, 0) is 32.1 Å². The van der Waals surface area contributed by atoms with E-state index >= 15 is 0 Å². The van der Waals surface area contributed by atoms with Gasteiger partial charge in [0.1, 0.15) is 0 Å². The van der Waals surface area contributed by atoms with Gasteiger partial charge in [0.15, 0.2) is 0 Å². The van der Waals surface area contributed by atoms with Gasteiger partial charge in [0, 0.05) is 25.6 Å². The van der Waals surface area contributed by atoms with Crippen molar-refractivity contribution in [1.29, 1.82) is 0 Å². The summed E-state index contributed by atoms with van der Waals surface area (Å²) in [4.78, 5) is 13.7. The molecule has 3 heteroatoms. The monoisotopic (exact) mass is 198 g/mol. The average molecular weight is 198 g/mol. The number of amides is 1. The Hall–Kier alpha value is -0.570. The number of carbonyl (C=O) groups is 1. The lowest BCUT2D eigenvalue weighted by Gasteiger charge is -2.22. The number of rotatable bonds is 6. The molecule has 1 saturated carbocycles. The molecule has 0 radical (unpaired) electrons. The molecule has 1 fully saturated rings. The summed E-state index contributed by atoms with van der Waals surface area (Å²) < 4.78 is 0. The second kappa shape index (κ2) is 5.35. The normalized spacial score (nSPS) is 17.9. The van der Waals surface area contributed by atoms with Crippen LogP contribution in [-0.2, 0) is 4.79 Å². The predicted molar refractivity (Wildman–Crippen MR) is 57.9 cm³/mol. The van der Waals surface area contributed by atoms with Gasteiger partial charge in [-0.2, -0.15) is 0 Å². The van der Waals surface area contributed by atoms with Crippen LogP contribution < -0.4 is 5.73 Å². The zero-order chi connectivity index (χ0) is 10.6. The van der Waals surface area contributed by atoms with E-state index < -0.39 is 0 Å². The van der Waals surface area contributed by atoms with Gasteiger partial charge in [-0.15, -0.1) is 0 Å². The van der Waals surface area contributed by atoms with Crippen LogP contribution in [0.2, 0.25) is 0 Å². The minimum absolute atomic E-state index is 0.0377. The molecule has 1 unspecified atom stereocenters. The highest BCUT2D eigenvalue weighted by Gasteiger charge is 2.26. The number of hydrogen-bond acceptors (Lipinski definition) is 2. The lowest BCUT2D eigenvalue weighted by Crippen LogP contribution is -2.36. The Morgan fingerprint density at radius 3 is 2.57 bits per heavy atom. The molecule has 82 valence electrons. The lowest BCUT2D eigenvalue weighted by molar-refractivity contribution is -0.131. The summed E-state index contributed by atoms with van der Waals surface area (Å²) in [5.74, 6) is 1.01. The quantitative estimate of drug-likeness (QED) is 0.700. The number of nitrogens with two attached hydrogens (primary N) is 1. The van der Waals surface area contributed by atoms with Crippen molar-refractivity contribution in [3.63, 3.8) is 0 Å². The zero-order valence-electron chi connectivity index (χ0n) is 9.33. The summed E-state index contributed by atoms with van der Waals surface area (Å²) in [7, 11) is 0. The van der Waals surface area contributed by atoms with E-state index in [-0.39, 0.29) is 11.9 Å². The molecule has 1 aliphatic carbocycles. The fourth-order valence-corrected chi connectivity index (χ4v) is 1.52. The highest BCUT2D eigenvalue weighted by molar-refractivity contribution is 5.76. The third-order valence-electron chi connectivity index (χ3n) is 2.87. The van der Waals surface area contributed by atoms with E-state index in [4.69, 9.17) is 5.73 Å². The van der Waals surface area contributed by atoms with Crippen molar-refractivity contribution in [1.82, 2.24) is 4.90 Å². The smallest absolute Gasteiger partial charge is 0.224 e. The summed E-state index contributed by atoms with van der Waals surface area (Å²) in [5, 5.41) is 0. The molecule has 0 aromatic carbocycles. The van der Waals surface area contributed by atoms with E-state index in [1.54, 1.807) is 0 Å². The molecule has 14 heavy (non-hydrogen) atoms. The van der Waals surface area contributed by atoms with E-state index in [0.29, 0.717) is 6.42 Å². The Bertz CT molecular complexity index is 190. The molecule has 1 rings (SSSR count). The van der Waals surface area contributed by atoms with Crippen molar-refractivity contribution in [3.05, 3.63) is 0 Å². The summed E-state index contributed by atoms with van der Waals surface area (Å²) in [6, 6.07) is 0.0377. The van der Waals surface area contributed by atoms with Crippen molar-refractivity contribution in [2.24, 2.45) is 11.7 Å². The fraction of sp³-hybridized carbons (Fsp3) is 0.909. The van der Waals surface area contributed by atoms with Crippen LogP contribution in [0.5, 0.6) is 0 Å². The minimum atomic E-state index is 0.0377. The Morgan fingerprint density at radius 1 is 1.50 bits per heavy atom. The third kappa shape index (κ3) is 3.66. The molecule has 1 atom stereocenters. The van der Waals surface area contributed by atoms with Crippen LogP contribution in [0.4, 0.5) is 0 Å². The first-order chi connectivity index (χ1) is 6.67.